The van der Waals surface area contributed by atoms with Gasteiger partial charge in [-0.3, -0.25) is 4.79 Å². The van der Waals surface area contributed by atoms with Gasteiger partial charge in [-0.1, -0.05) is 0 Å². The average Bonchev–Trinajstić information content (AvgIpc) is 2.91. The van der Waals surface area contributed by atoms with Crippen molar-refractivity contribution in [3.63, 3.8) is 0 Å². The van der Waals surface area contributed by atoms with Gasteiger partial charge in [-0.15, -0.1) is 0 Å². The third-order valence-electron chi connectivity index (χ3n) is 3.11. The molecule has 0 spiro atoms. The van der Waals surface area contributed by atoms with Gasteiger partial charge in [-0.2, -0.15) is 0 Å². The zero-order chi connectivity index (χ0) is 15.4. The summed E-state index contributed by atoms with van der Waals surface area (Å²) in [5, 5.41) is 2.74. The summed E-state index contributed by atoms with van der Waals surface area (Å²) in [6.07, 6.45) is 1.81. The molecule has 4 nitrogen and oxygen atoms in total. The van der Waals surface area contributed by atoms with E-state index in [0.717, 1.165) is 5.56 Å². The lowest BCUT2D eigenvalue weighted by Gasteiger charge is -2.11. The lowest BCUT2D eigenvalue weighted by molar-refractivity contribution is 0.101. The fraction of sp³-hybridized carbons (Fsp3) is 0.267. The van der Waals surface area contributed by atoms with Gasteiger partial charge in [0.05, 0.1) is 11.1 Å². The number of hydrogen-bond acceptors (Lipinski definition) is 2. The number of carbonyl (C=O) groups excluding carboxylic acids is 1. The van der Waals surface area contributed by atoms with Crippen LogP contribution in [-0.2, 0) is 11.3 Å². The summed E-state index contributed by atoms with van der Waals surface area (Å²) in [6, 6.07) is 6.45. The van der Waals surface area contributed by atoms with E-state index in [2.05, 4.69) is 21.2 Å². The maximum Gasteiger partial charge on any atom is 0.272 e. The van der Waals surface area contributed by atoms with Gasteiger partial charge < -0.3 is 14.6 Å². The Morgan fingerprint density at radius 2 is 2.24 bits per heavy atom. The highest BCUT2D eigenvalue weighted by Crippen LogP contribution is 2.24. The van der Waals surface area contributed by atoms with Crippen LogP contribution in [0.4, 0.5) is 10.1 Å². The van der Waals surface area contributed by atoms with Crippen molar-refractivity contribution >= 4 is 27.5 Å². The molecule has 21 heavy (non-hydrogen) atoms. The smallest absolute Gasteiger partial charge is 0.272 e. The van der Waals surface area contributed by atoms with Gasteiger partial charge in [0.25, 0.3) is 5.91 Å². The number of aryl methyl sites for hydroxylation is 1. The normalized spacial score (nSPS) is 10.7. The summed E-state index contributed by atoms with van der Waals surface area (Å²) >= 11 is 3.12. The molecule has 0 unspecified atom stereocenters. The Labute approximate surface area is 131 Å². The van der Waals surface area contributed by atoms with Crippen molar-refractivity contribution in [2.75, 3.05) is 19.0 Å². The van der Waals surface area contributed by atoms with E-state index in [1.807, 2.05) is 13.1 Å². The first kappa shape index (κ1) is 15.7. The maximum absolute atomic E-state index is 13.6. The van der Waals surface area contributed by atoms with Crippen LogP contribution in [-0.4, -0.2) is 24.2 Å². The molecule has 0 atom stereocenters. The summed E-state index contributed by atoms with van der Waals surface area (Å²) in [4.78, 5) is 12.3. The van der Waals surface area contributed by atoms with Gasteiger partial charge in [0.15, 0.2) is 0 Å². The first-order valence-electron chi connectivity index (χ1n) is 6.44. The predicted molar refractivity (Wildman–Crippen MR) is 83.1 cm³/mol. The van der Waals surface area contributed by atoms with Crippen LogP contribution in [0.25, 0.3) is 0 Å². The van der Waals surface area contributed by atoms with E-state index >= 15 is 0 Å². The van der Waals surface area contributed by atoms with E-state index in [-0.39, 0.29) is 5.91 Å². The van der Waals surface area contributed by atoms with Gasteiger partial charge in [-0.25, -0.2) is 4.39 Å². The van der Waals surface area contributed by atoms with Crippen LogP contribution >= 0.6 is 15.9 Å². The molecular formula is C15H16BrFN2O2. The quantitative estimate of drug-likeness (QED) is 0.891. The number of benzene rings is 1. The fourth-order valence-corrected chi connectivity index (χ4v) is 2.43. The fourth-order valence-electron chi connectivity index (χ4n) is 1.97. The molecule has 112 valence electrons. The Morgan fingerprint density at radius 1 is 1.48 bits per heavy atom. The van der Waals surface area contributed by atoms with Crippen molar-refractivity contribution in [1.82, 2.24) is 4.57 Å². The largest absolute Gasteiger partial charge is 0.383 e. The number of halogens is 2. The minimum Gasteiger partial charge on any atom is -0.383 e. The summed E-state index contributed by atoms with van der Waals surface area (Å²) in [5.74, 6) is -0.688. The number of rotatable bonds is 5. The molecular weight excluding hydrogens is 339 g/mol. The van der Waals surface area contributed by atoms with E-state index in [1.165, 1.54) is 6.07 Å². The minimum atomic E-state index is -0.411. The van der Waals surface area contributed by atoms with Gasteiger partial charge in [-0.05, 0) is 52.7 Å². The second kappa shape index (κ2) is 6.87. The Hall–Kier alpha value is -1.66. The number of amides is 1. The number of hydrogen-bond donors (Lipinski definition) is 1. The molecule has 0 fully saturated rings. The number of aromatic nitrogens is 1. The first-order valence-corrected chi connectivity index (χ1v) is 7.23. The van der Waals surface area contributed by atoms with Crippen molar-refractivity contribution in [2.24, 2.45) is 0 Å². The predicted octanol–water partition coefficient (Wildman–Crippen LogP) is 3.60. The molecule has 1 heterocycles. The molecule has 0 saturated carbocycles. The molecule has 0 saturated heterocycles. The minimum absolute atomic E-state index is 0.277. The zero-order valence-electron chi connectivity index (χ0n) is 11.8. The maximum atomic E-state index is 13.6. The van der Waals surface area contributed by atoms with Crippen LogP contribution < -0.4 is 5.32 Å². The highest BCUT2D eigenvalue weighted by atomic mass is 79.9. The molecule has 2 rings (SSSR count). The van der Waals surface area contributed by atoms with Crippen LogP contribution in [0.1, 0.15) is 16.1 Å². The molecule has 1 aromatic carbocycles. The number of ether oxygens (including phenoxy) is 1. The number of anilines is 1. The summed E-state index contributed by atoms with van der Waals surface area (Å²) < 4.78 is 20.8. The van der Waals surface area contributed by atoms with Crippen molar-refractivity contribution in [3.05, 3.63) is 52.0 Å². The summed E-state index contributed by atoms with van der Waals surface area (Å²) in [7, 11) is 1.61. The molecule has 0 radical (unpaired) electrons. The van der Waals surface area contributed by atoms with Crippen LogP contribution in [0, 0.1) is 12.7 Å². The monoisotopic (exact) mass is 354 g/mol. The third kappa shape index (κ3) is 3.71. The highest BCUT2D eigenvalue weighted by molar-refractivity contribution is 9.10. The van der Waals surface area contributed by atoms with E-state index in [0.29, 0.717) is 29.0 Å². The SMILES string of the molecule is COCCn1cccc1C(=O)Nc1cc(F)c(Br)cc1C. The summed E-state index contributed by atoms with van der Waals surface area (Å²) in [5.41, 5.74) is 1.75. The molecule has 1 N–H and O–H groups in total. The van der Waals surface area contributed by atoms with Crippen molar-refractivity contribution in [1.29, 1.82) is 0 Å². The molecule has 2 aromatic rings. The van der Waals surface area contributed by atoms with Crippen molar-refractivity contribution < 1.29 is 13.9 Å². The Kier molecular flexibility index (Phi) is 5.14. The lowest BCUT2D eigenvalue weighted by Crippen LogP contribution is -2.18. The average molecular weight is 355 g/mol. The molecule has 0 aliphatic rings. The lowest BCUT2D eigenvalue weighted by atomic mass is 10.2. The van der Waals surface area contributed by atoms with E-state index in [9.17, 15) is 9.18 Å². The summed E-state index contributed by atoms with van der Waals surface area (Å²) in [6.45, 7) is 2.91. The van der Waals surface area contributed by atoms with Crippen molar-refractivity contribution in [3.8, 4) is 0 Å². The van der Waals surface area contributed by atoms with E-state index in [4.69, 9.17) is 4.74 Å². The highest BCUT2D eigenvalue weighted by Gasteiger charge is 2.13. The molecule has 0 aliphatic carbocycles. The Morgan fingerprint density at radius 3 is 2.95 bits per heavy atom. The van der Waals surface area contributed by atoms with Crippen LogP contribution in [0.15, 0.2) is 34.9 Å². The molecule has 6 heteroatoms. The van der Waals surface area contributed by atoms with Gasteiger partial charge >= 0.3 is 0 Å². The molecule has 0 aliphatic heterocycles. The van der Waals surface area contributed by atoms with Gasteiger partial charge in [0.2, 0.25) is 0 Å². The van der Waals surface area contributed by atoms with Crippen LogP contribution in [0.2, 0.25) is 0 Å². The van der Waals surface area contributed by atoms with E-state index in [1.54, 1.807) is 29.9 Å². The number of methoxy groups -OCH3 is 1. The second-order valence-corrected chi connectivity index (χ2v) is 5.47. The zero-order valence-corrected chi connectivity index (χ0v) is 13.4. The van der Waals surface area contributed by atoms with Crippen LogP contribution in [0.5, 0.6) is 0 Å². The van der Waals surface area contributed by atoms with Crippen molar-refractivity contribution in [2.45, 2.75) is 13.5 Å². The number of carbonyl (C=O) groups is 1. The molecule has 0 bridgehead atoms. The second-order valence-electron chi connectivity index (χ2n) is 4.61. The number of nitrogens with one attached hydrogen (secondary N) is 1. The Bertz CT molecular complexity index is 655. The third-order valence-corrected chi connectivity index (χ3v) is 3.72. The van der Waals surface area contributed by atoms with Crippen LogP contribution in [0.3, 0.4) is 0 Å². The van der Waals surface area contributed by atoms with E-state index < -0.39 is 5.82 Å². The van der Waals surface area contributed by atoms with Gasteiger partial charge in [0, 0.05) is 25.5 Å². The standard InChI is InChI=1S/C15H16BrFN2O2/c1-10-8-11(16)12(17)9-13(10)18-15(20)14-4-3-5-19(14)6-7-21-2/h3-5,8-9H,6-7H2,1-2H3,(H,18,20). The first-order chi connectivity index (χ1) is 10.0. The Balaban J connectivity index is 2.19. The molecule has 1 amide bonds. The number of nitrogens with zero attached hydrogens (tertiary/aromatic N) is 1. The molecule has 1 aromatic heterocycles. The van der Waals surface area contributed by atoms with Gasteiger partial charge in [0.1, 0.15) is 11.5 Å². The topological polar surface area (TPSA) is 43.3 Å².